The summed E-state index contributed by atoms with van der Waals surface area (Å²) < 4.78 is 11.5. The maximum Gasteiger partial charge on any atom is 0.324 e. The number of carbonyl (C=O) groups is 3. The van der Waals surface area contributed by atoms with Crippen LogP contribution in [0.2, 0.25) is 0 Å². The molecule has 28 heavy (non-hydrogen) atoms. The summed E-state index contributed by atoms with van der Waals surface area (Å²) in [5.74, 6) is 0.715. The molecule has 4 amide bonds. The summed E-state index contributed by atoms with van der Waals surface area (Å²) in [4.78, 5) is 37.4. The normalized spacial score (nSPS) is 18.0. The Bertz CT molecular complexity index is 914. The van der Waals surface area contributed by atoms with Crippen LogP contribution in [0.25, 0.3) is 0 Å². The van der Waals surface area contributed by atoms with Crippen LogP contribution >= 0.6 is 0 Å². The highest BCUT2D eigenvalue weighted by molar-refractivity contribution is 6.02. The van der Waals surface area contributed by atoms with Gasteiger partial charge in [0.1, 0.15) is 12.7 Å². The molecule has 1 unspecified atom stereocenters. The first kappa shape index (κ1) is 17.8. The average molecular weight is 381 g/mol. The van der Waals surface area contributed by atoms with Crippen molar-refractivity contribution in [3.8, 4) is 11.5 Å². The monoisotopic (exact) mass is 381 g/mol. The van der Waals surface area contributed by atoms with Gasteiger partial charge in [-0.1, -0.05) is 30.3 Å². The molecular formula is C20H19N3O5. The molecule has 1 atom stereocenters. The van der Waals surface area contributed by atoms with Crippen molar-refractivity contribution >= 4 is 17.8 Å². The van der Waals surface area contributed by atoms with E-state index in [-0.39, 0.29) is 37.6 Å². The minimum absolute atomic E-state index is 0.0201. The van der Waals surface area contributed by atoms with Crippen molar-refractivity contribution in [2.24, 2.45) is 0 Å². The quantitative estimate of drug-likeness (QED) is 0.761. The van der Waals surface area contributed by atoms with Crippen LogP contribution in [0.15, 0.2) is 48.5 Å². The lowest BCUT2D eigenvalue weighted by Crippen LogP contribution is -2.41. The van der Waals surface area contributed by atoms with Crippen LogP contribution in [-0.4, -0.2) is 48.5 Å². The molecule has 0 radical (unpaired) electrons. The van der Waals surface area contributed by atoms with Gasteiger partial charge in [-0.3, -0.25) is 14.5 Å². The van der Waals surface area contributed by atoms with E-state index in [1.165, 1.54) is 0 Å². The molecule has 0 aromatic heterocycles. The molecule has 2 aromatic rings. The zero-order chi connectivity index (χ0) is 19.5. The fourth-order valence-corrected chi connectivity index (χ4v) is 3.13. The van der Waals surface area contributed by atoms with E-state index < -0.39 is 6.03 Å². The Kier molecular flexibility index (Phi) is 4.84. The van der Waals surface area contributed by atoms with Gasteiger partial charge in [-0.2, -0.15) is 0 Å². The van der Waals surface area contributed by atoms with Gasteiger partial charge in [0.25, 0.3) is 5.91 Å². The van der Waals surface area contributed by atoms with E-state index in [0.29, 0.717) is 29.2 Å². The Morgan fingerprint density at radius 3 is 2.64 bits per heavy atom. The molecule has 0 bridgehead atoms. The van der Waals surface area contributed by atoms with E-state index in [0.717, 1.165) is 4.90 Å². The number of imide groups is 1. The van der Waals surface area contributed by atoms with Gasteiger partial charge < -0.3 is 20.1 Å². The molecule has 0 spiro atoms. The molecule has 4 rings (SSSR count). The number of nitrogens with zero attached hydrogens (tertiary/aromatic N) is 1. The summed E-state index contributed by atoms with van der Waals surface area (Å²) in [5.41, 5.74) is 1.00. The van der Waals surface area contributed by atoms with Crippen molar-refractivity contribution in [3.63, 3.8) is 0 Å². The summed E-state index contributed by atoms with van der Waals surface area (Å²) in [6.45, 7) is 0.629. The Hall–Kier alpha value is -3.55. The van der Waals surface area contributed by atoms with E-state index >= 15 is 0 Å². The Balaban J connectivity index is 1.40. The second-order valence-corrected chi connectivity index (χ2v) is 6.50. The van der Waals surface area contributed by atoms with E-state index in [2.05, 4.69) is 10.6 Å². The van der Waals surface area contributed by atoms with Gasteiger partial charge in [0, 0.05) is 5.56 Å². The van der Waals surface area contributed by atoms with Crippen molar-refractivity contribution in [2.75, 3.05) is 19.7 Å². The third-order valence-electron chi connectivity index (χ3n) is 4.59. The molecule has 2 heterocycles. The Morgan fingerprint density at radius 2 is 1.86 bits per heavy atom. The number of rotatable bonds is 5. The van der Waals surface area contributed by atoms with Gasteiger partial charge in [-0.25, -0.2) is 4.79 Å². The van der Waals surface area contributed by atoms with E-state index in [9.17, 15) is 14.4 Å². The molecule has 2 aliphatic heterocycles. The van der Waals surface area contributed by atoms with E-state index in [1.54, 1.807) is 24.3 Å². The first-order chi connectivity index (χ1) is 13.6. The summed E-state index contributed by atoms with van der Waals surface area (Å²) in [7, 11) is 0. The first-order valence-electron chi connectivity index (χ1n) is 8.94. The number of urea groups is 1. The number of carbonyl (C=O) groups excluding carboxylic acids is 3. The zero-order valence-corrected chi connectivity index (χ0v) is 15.0. The predicted octanol–water partition coefficient (Wildman–Crippen LogP) is 1.31. The number of para-hydroxylation sites is 2. The van der Waals surface area contributed by atoms with E-state index in [1.807, 2.05) is 24.3 Å². The van der Waals surface area contributed by atoms with Crippen LogP contribution in [0, 0.1) is 0 Å². The standard InChI is InChI=1S/C20H19N3O5/c24-18-10-22-20(26)23(18)11-13-5-1-2-6-15(13)19(25)21-9-14-12-27-16-7-3-4-8-17(16)28-14/h1-8,14H,9-12H2,(H,21,25)(H,22,26). The van der Waals surface area contributed by atoms with Gasteiger partial charge in [0.2, 0.25) is 5.91 Å². The number of ether oxygens (including phenoxy) is 2. The summed E-state index contributed by atoms with van der Waals surface area (Å²) >= 11 is 0. The van der Waals surface area contributed by atoms with Gasteiger partial charge >= 0.3 is 6.03 Å². The van der Waals surface area contributed by atoms with Gasteiger partial charge in [-0.15, -0.1) is 0 Å². The minimum Gasteiger partial charge on any atom is -0.486 e. The smallest absolute Gasteiger partial charge is 0.324 e. The number of hydrogen-bond donors (Lipinski definition) is 2. The second kappa shape index (κ2) is 7.59. The molecule has 8 heteroatoms. The number of amides is 4. The fourth-order valence-electron chi connectivity index (χ4n) is 3.13. The number of hydrogen-bond acceptors (Lipinski definition) is 5. The molecule has 1 fully saturated rings. The third kappa shape index (κ3) is 3.62. The number of fused-ring (bicyclic) bond motifs is 1. The third-order valence-corrected chi connectivity index (χ3v) is 4.59. The van der Waals surface area contributed by atoms with Gasteiger partial charge in [0.05, 0.1) is 19.6 Å². The van der Waals surface area contributed by atoms with Crippen LogP contribution in [0.1, 0.15) is 15.9 Å². The SMILES string of the molecule is O=C(NCC1COc2ccccc2O1)c1ccccc1CN1C(=O)CNC1=O. The summed E-state index contributed by atoms with van der Waals surface area (Å²) in [6, 6.07) is 13.8. The number of nitrogens with one attached hydrogen (secondary N) is 2. The van der Waals surface area contributed by atoms with Crippen molar-refractivity contribution in [1.29, 1.82) is 0 Å². The maximum atomic E-state index is 12.7. The minimum atomic E-state index is -0.452. The first-order valence-corrected chi connectivity index (χ1v) is 8.94. The van der Waals surface area contributed by atoms with Crippen molar-refractivity contribution < 1.29 is 23.9 Å². The van der Waals surface area contributed by atoms with E-state index in [4.69, 9.17) is 9.47 Å². The number of benzene rings is 2. The van der Waals surface area contributed by atoms with Gasteiger partial charge in [0.15, 0.2) is 11.5 Å². The van der Waals surface area contributed by atoms with Crippen molar-refractivity contribution in [2.45, 2.75) is 12.6 Å². The van der Waals surface area contributed by atoms with Crippen molar-refractivity contribution in [3.05, 3.63) is 59.7 Å². The largest absolute Gasteiger partial charge is 0.486 e. The summed E-state index contributed by atoms with van der Waals surface area (Å²) in [5, 5.41) is 5.31. The lowest BCUT2D eigenvalue weighted by atomic mass is 10.1. The molecule has 8 nitrogen and oxygen atoms in total. The highest BCUT2D eigenvalue weighted by Crippen LogP contribution is 2.30. The predicted molar refractivity (Wildman–Crippen MR) is 99.1 cm³/mol. The lowest BCUT2D eigenvalue weighted by Gasteiger charge is -2.26. The van der Waals surface area contributed by atoms with Crippen LogP contribution in [0.3, 0.4) is 0 Å². The highest BCUT2D eigenvalue weighted by atomic mass is 16.6. The molecule has 2 aromatic carbocycles. The molecule has 0 aliphatic carbocycles. The maximum absolute atomic E-state index is 12.7. The van der Waals surface area contributed by atoms with Crippen LogP contribution in [-0.2, 0) is 11.3 Å². The lowest BCUT2D eigenvalue weighted by molar-refractivity contribution is -0.125. The van der Waals surface area contributed by atoms with Crippen molar-refractivity contribution in [1.82, 2.24) is 15.5 Å². The molecule has 2 N–H and O–H groups in total. The van der Waals surface area contributed by atoms with Gasteiger partial charge in [-0.05, 0) is 23.8 Å². The topological polar surface area (TPSA) is 97.0 Å². The molecule has 0 saturated carbocycles. The fraction of sp³-hybridized carbons (Fsp3) is 0.250. The van der Waals surface area contributed by atoms with Crippen LogP contribution in [0.5, 0.6) is 11.5 Å². The van der Waals surface area contributed by atoms with Crippen LogP contribution < -0.4 is 20.1 Å². The molecular weight excluding hydrogens is 362 g/mol. The zero-order valence-electron chi connectivity index (χ0n) is 15.0. The Labute approximate surface area is 161 Å². The summed E-state index contributed by atoms with van der Waals surface area (Å²) in [6.07, 6.45) is -0.308. The average Bonchev–Trinajstić information content (AvgIpc) is 3.04. The van der Waals surface area contributed by atoms with Crippen LogP contribution in [0.4, 0.5) is 4.79 Å². The second-order valence-electron chi connectivity index (χ2n) is 6.50. The molecule has 1 saturated heterocycles. The highest BCUT2D eigenvalue weighted by Gasteiger charge is 2.29. The molecule has 2 aliphatic rings. The molecule has 144 valence electrons. The Morgan fingerprint density at radius 1 is 1.11 bits per heavy atom.